The molecule has 4 aromatic rings. The molecule has 0 unspecified atom stereocenters. The standard InChI is InChI=1S/C24H16F3NO/c1-15-10-12-17(13-11-15)23(29)19-14-28-22-18(8-5-9-20(22)24(25,26)27)21(19)16-6-3-2-4-7-16/h2-14H,1H3. The van der Waals surface area contributed by atoms with Crippen molar-refractivity contribution in [3.05, 3.63) is 101 Å². The van der Waals surface area contributed by atoms with Crippen LogP contribution in [0, 0.1) is 6.92 Å². The molecule has 0 amide bonds. The molecule has 2 nitrogen and oxygen atoms in total. The fraction of sp³-hybridized carbons (Fsp3) is 0.0833. The third-order valence-electron chi connectivity index (χ3n) is 4.82. The molecule has 1 aromatic heterocycles. The number of benzene rings is 3. The summed E-state index contributed by atoms with van der Waals surface area (Å²) in [6.07, 6.45) is -3.29. The van der Waals surface area contributed by atoms with Gasteiger partial charge in [-0.25, -0.2) is 0 Å². The second-order valence-corrected chi connectivity index (χ2v) is 6.81. The first-order valence-electron chi connectivity index (χ1n) is 9.02. The number of pyridine rings is 1. The van der Waals surface area contributed by atoms with Crippen LogP contribution in [0.5, 0.6) is 0 Å². The summed E-state index contributed by atoms with van der Waals surface area (Å²) >= 11 is 0. The number of nitrogens with zero attached hydrogens (tertiary/aromatic N) is 1. The molecule has 0 aliphatic rings. The zero-order chi connectivity index (χ0) is 20.6. The third-order valence-corrected chi connectivity index (χ3v) is 4.82. The zero-order valence-corrected chi connectivity index (χ0v) is 15.5. The lowest BCUT2D eigenvalue weighted by atomic mass is 9.91. The number of hydrogen-bond acceptors (Lipinski definition) is 2. The predicted octanol–water partition coefficient (Wildman–Crippen LogP) is 6.46. The summed E-state index contributed by atoms with van der Waals surface area (Å²) in [6, 6.07) is 19.9. The Morgan fingerprint density at radius 3 is 2.21 bits per heavy atom. The molecule has 3 aromatic carbocycles. The summed E-state index contributed by atoms with van der Waals surface area (Å²) in [4.78, 5) is 17.3. The van der Waals surface area contributed by atoms with Crippen LogP contribution in [0.2, 0.25) is 0 Å². The molecule has 1 heterocycles. The lowest BCUT2D eigenvalue weighted by molar-refractivity contribution is -0.136. The Hall–Kier alpha value is -3.47. The number of carbonyl (C=O) groups excluding carboxylic acids is 1. The van der Waals surface area contributed by atoms with E-state index < -0.39 is 11.7 Å². The highest BCUT2D eigenvalue weighted by atomic mass is 19.4. The summed E-state index contributed by atoms with van der Waals surface area (Å²) in [5, 5.41) is 0.295. The van der Waals surface area contributed by atoms with Crippen molar-refractivity contribution in [2.24, 2.45) is 0 Å². The van der Waals surface area contributed by atoms with E-state index in [9.17, 15) is 18.0 Å². The van der Waals surface area contributed by atoms with E-state index in [0.29, 0.717) is 22.1 Å². The van der Waals surface area contributed by atoms with Crippen molar-refractivity contribution in [1.82, 2.24) is 4.98 Å². The number of fused-ring (bicyclic) bond motifs is 1. The highest BCUT2D eigenvalue weighted by Gasteiger charge is 2.34. The van der Waals surface area contributed by atoms with Gasteiger partial charge >= 0.3 is 6.18 Å². The number of rotatable bonds is 3. The number of ketones is 1. The molecule has 5 heteroatoms. The van der Waals surface area contributed by atoms with E-state index in [1.54, 1.807) is 42.5 Å². The van der Waals surface area contributed by atoms with Crippen LogP contribution in [-0.2, 0) is 6.18 Å². The van der Waals surface area contributed by atoms with Crippen LogP contribution >= 0.6 is 0 Å². The van der Waals surface area contributed by atoms with E-state index >= 15 is 0 Å². The number of para-hydroxylation sites is 1. The zero-order valence-electron chi connectivity index (χ0n) is 15.5. The summed E-state index contributed by atoms with van der Waals surface area (Å²) in [7, 11) is 0. The Labute approximate surface area is 165 Å². The molecule has 0 aliphatic carbocycles. The van der Waals surface area contributed by atoms with Gasteiger partial charge in [-0.1, -0.05) is 72.3 Å². The number of aryl methyl sites for hydroxylation is 1. The molecular formula is C24H16F3NO. The maximum atomic E-state index is 13.5. The maximum Gasteiger partial charge on any atom is 0.418 e. The molecule has 0 radical (unpaired) electrons. The second-order valence-electron chi connectivity index (χ2n) is 6.81. The summed E-state index contributed by atoms with van der Waals surface area (Å²) in [6.45, 7) is 1.92. The average Bonchev–Trinajstić information content (AvgIpc) is 2.72. The van der Waals surface area contributed by atoms with Crippen LogP contribution in [0.1, 0.15) is 27.0 Å². The van der Waals surface area contributed by atoms with Crippen molar-refractivity contribution < 1.29 is 18.0 Å². The molecule has 0 spiro atoms. The van der Waals surface area contributed by atoms with Gasteiger partial charge < -0.3 is 0 Å². The largest absolute Gasteiger partial charge is 0.418 e. The van der Waals surface area contributed by atoms with Crippen LogP contribution in [-0.4, -0.2) is 10.8 Å². The smallest absolute Gasteiger partial charge is 0.289 e. The van der Waals surface area contributed by atoms with Crippen molar-refractivity contribution in [2.45, 2.75) is 13.1 Å². The van der Waals surface area contributed by atoms with E-state index in [0.717, 1.165) is 11.6 Å². The third kappa shape index (κ3) is 3.51. The van der Waals surface area contributed by atoms with Crippen LogP contribution in [0.25, 0.3) is 22.0 Å². The highest BCUT2D eigenvalue weighted by molar-refractivity contribution is 6.16. The topological polar surface area (TPSA) is 30.0 Å². The fourth-order valence-electron chi connectivity index (χ4n) is 3.40. The van der Waals surface area contributed by atoms with Crippen molar-refractivity contribution in [3.8, 4) is 11.1 Å². The van der Waals surface area contributed by atoms with Gasteiger partial charge in [-0.05, 0) is 18.6 Å². The monoisotopic (exact) mass is 391 g/mol. The van der Waals surface area contributed by atoms with Crippen molar-refractivity contribution in [1.29, 1.82) is 0 Å². The summed E-state index contributed by atoms with van der Waals surface area (Å²) < 4.78 is 40.5. The Bertz CT molecular complexity index is 1200. The first-order valence-corrected chi connectivity index (χ1v) is 9.02. The molecule has 0 saturated heterocycles. The Morgan fingerprint density at radius 1 is 0.862 bits per heavy atom. The number of carbonyl (C=O) groups is 1. The fourth-order valence-corrected chi connectivity index (χ4v) is 3.40. The van der Waals surface area contributed by atoms with Gasteiger partial charge in [0.25, 0.3) is 0 Å². The minimum Gasteiger partial charge on any atom is -0.289 e. The Kier molecular flexibility index (Phi) is 4.66. The van der Waals surface area contributed by atoms with E-state index in [1.165, 1.54) is 12.3 Å². The normalized spacial score (nSPS) is 11.6. The molecule has 0 saturated carbocycles. The van der Waals surface area contributed by atoms with Crippen molar-refractivity contribution in [2.75, 3.05) is 0 Å². The van der Waals surface area contributed by atoms with Gasteiger partial charge in [0, 0.05) is 28.3 Å². The van der Waals surface area contributed by atoms with Gasteiger partial charge in [-0.3, -0.25) is 9.78 Å². The van der Waals surface area contributed by atoms with Gasteiger partial charge in [0.2, 0.25) is 0 Å². The van der Waals surface area contributed by atoms with E-state index in [-0.39, 0.29) is 16.9 Å². The molecular weight excluding hydrogens is 375 g/mol. The maximum absolute atomic E-state index is 13.5. The van der Waals surface area contributed by atoms with Crippen LogP contribution < -0.4 is 0 Å². The highest BCUT2D eigenvalue weighted by Crippen LogP contribution is 2.38. The molecule has 4 rings (SSSR count). The molecule has 144 valence electrons. The first kappa shape index (κ1) is 18.9. The lowest BCUT2D eigenvalue weighted by Crippen LogP contribution is -2.09. The quantitative estimate of drug-likeness (QED) is 0.375. The molecule has 0 aliphatic heterocycles. The SMILES string of the molecule is Cc1ccc(C(=O)c2cnc3c(C(F)(F)F)cccc3c2-c2ccccc2)cc1. The van der Waals surface area contributed by atoms with Crippen LogP contribution in [0.15, 0.2) is 79.0 Å². The molecule has 29 heavy (non-hydrogen) atoms. The van der Waals surface area contributed by atoms with Gasteiger partial charge in [-0.15, -0.1) is 0 Å². The summed E-state index contributed by atoms with van der Waals surface area (Å²) in [5.41, 5.74) is 1.87. The lowest BCUT2D eigenvalue weighted by Gasteiger charge is -2.15. The minimum absolute atomic E-state index is 0.167. The predicted molar refractivity (Wildman–Crippen MR) is 107 cm³/mol. The van der Waals surface area contributed by atoms with E-state index in [2.05, 4.69) is 4.98 Å². The van der Waals surface area contributed by atoms with Gasteiger partial charge in [-0.2, -0.15) is 13.2 Å². The van der Waals surface area contributed by atoms with E-state index in [1.807, 2.05) is 25.1 Å². The van der Waals surface area contributed by atoms with Crippen molar-refractivity contribution >= 4 is 16.7 Å². The number of halogens is 3. The number of aromatic nitrogens is 1. The van der Waals surface area contributed by atoms with Gasteiger partial charge in [0.15, 0.2) is 5.78 Å². The Balaban J connectivity index is 2.03. The molecule has 0 N–H and O–H groups in total. The average molecular weight is 391 g/mol. The van der Waals surface area contributed by atoms with Crippen molar-refractivity contribution in [3.63, 3.8) is 0 Å². The van der Waals surface area contributed by atoms with Crippen LogP contribution in [0.4, 0.5) is 13.2 Å². The van der Waals surface area contributed by atoms with Crippen LogP contribution in [0.3, 0.4) is 0 Å². The van der Waals surface area contributed by atoms with Gasteiger partial charge in [0.1, 0.15) is 0 Å². The summed E-state index contributed by atoms with van der Waals surface area (Å²) in [5.74, 6) is -0.282. The first-order chi connectivity index (χ1) is 13.9. The number of hydrogen-bond donors (Lipinski definition) is 0. The second kappa shape index (κ2) is 7.17. The van der Waals surface area contributed by atoms with E-state index in [4.69, 9.17) is 0 Å². The number of alkyl halides is 3. The minimum atomic E-state index is -4.54. The molecule has 0 atom stereocenters. The molecule has 0 bridgehead atoms. The molecule has 0 fully saturated rings. The van der Waals surface area contributed by atoms with Gasteiger partial charge in [0.05, 0.1) is 11.1 Å². The Morgan fingerprint density at radius 2 is 1.55 bits per heavy atom.